The van der Waals surface area contributed by atoms with Gasteiger partial charge in [-0.05, 0) is 28.7 Å². The van der Waals surface area contributed by atoms with Crippen molar-refractivity contribution in [3.8, 4) is 0 Å². The van der Waals surface area contributed by atoms with E-state index in [9.17, 15) is 0 Å². The highest BCUT2D eigenvalue weighted by Crippen LogP contribution is 2.22. The second kappa shape index (κ2) is 3.02. The van der Waals surface area contributed by atoms with E-state index >= 15 is 0 Å². The van der Waals surface area contributed by atoms with E-state index in [4.69, 9.17) is 9.52 Å². The second-order valence-electron chi connectivity index (χ2n) is 2.41. The standard InChI is InChI=1S/C8H6INO2/c9-7-3-10-2-5-1-6(4-11)12-8(5)7/h1-3,11H,4H2. The van der Waals surface area contributed by atoms with Crippen molar-refractivity contribution < 1.29 is 9.52 Å². The number of aliphatic hydroxyl groups excluding tert-OH is 1. The molecule has 0 fully saturated rings. The molecule has 0 saturated heterocycles. The monoisotopic (exact) mass is 275 g/mol. The largest absolute Gasteiger partial charge is 0.457 e. The molecule has 0 amide bonds. The van der Waals surface area contributed by atoms with Crippen molar-refractivity contribution >= 4 is 33.6 Å². The molecular weight excluding hydrogens is 269 g/mol. The average Bonchev–Trinajstić information content (AvgIpc) is 2.49. The number of hydrogen-bond acceptors (Lipinski definition) is 3. The van der Waals surface area contributed by atoms with Gasteiger partial charge < -0.3 is 9.52 Å². The number of furan rings is 1. The van der Waals surface area contributed by atoms with Crippen LogP contribution in [-0.4, -0.2) is 10.1 Å². The molecule has 2 aromatic rings. The maximum atomic E-state index is 8.81. The Kier molecular flexibility index (Phi) is 2.02. The van der Waals surface area contributed by atoms with Crippen molar-refractivity contribution in [1.82, 2.24) is 4.98 Å². The van der Waals surface area contributed by atoms with Crippen molar-refractivity contribution in [1.29, 1.82) is 0 Å². The first-order valence-corrected chi connectivity index (χ1v) is 4.52. The number of aliphatic hydroxyl groups is 1. The number of aromatic nitrogens is 1. The van der Waals surface area contributed by atoms with Gasteiger partial charge in [-0.2, -0.15) is 0 Å². The van der Waals surface area contributed by atoms with Gasteiger partial charge >= 0.3 is 0 Å². The predicted octanol–water partition coefficient (Wildman–Crippen LogP) is 1.92. The van der Waals surface area contributed by atoms with Crippen LogP contribution in [0.3, 0.4) is 0 Å². The van der Waals surface area contributed by atoms with Crippen LogP contribution in [-0.2, 0) is 6.61 Å². The molecular formula is C8H6INO2. The Morgan fingerprint density at radius 2 is 2.33 bits per heavy atom. The van der Waals surface area contributed by atoms with Gasteiger partial charge in [-0.3, -0.25) is 4.98 Å². The quantitative estimate of drug-likeness (QED) is 0.809. The van der Waals surface area contributed by atoms with Crippen molar-refractivity contribution in [2.24, 2.45) is 0 Å². The third-order valence-electron chi connectivity index (χ3n) is 1.59. The highest BCUT2D eigenvalue weighted by molar-refractivity contribution is 14.1. The maximum Gasteiger partial charge on any atom is 0.150 e. The molecule has 2 aromatic heterocycles. The molecule has 0 bridgehead atoms. The van der Waals surface area contributed by atoms with Gasteiger partial charge in [-0.25, -0.2) is 0 Å². The van der Waals surface area contributed by atoms with Gasteiger partial charge in [0.2, 0.25) is 0 Å². The minimum Gasteiger partial charge on any atom is -0.457 e. The molecule has 1 N–H and O–H groups in total. The van der Waals surface area contributed by atoms with E-state index in [-0.39, 0.29) is 6.61 Å². The summed E-state index contributed by atoms with van der Waals surface area (Å²) in [7, 11) is 0. The molecule has 0 radical (unpaired) electrons. The summed E-state index contributed by atoms with van der Waals surface area (Å²) in [5.74, 6) is 0.580. The minimum absolute atomic E-state index is 0.0647. The molecule has 0 aromatic carbocycles. The molecule has 62 valence electrons. The number of rotatable bonds is 1. The minimum atomic E-state index is -0.0647. The van der Waals surface area contributed by atoms with Crippen LogP contribution < -0.4 is 0 Å². The Morgan fingerprint density at radius 3 is 3.00 bits per heavy atom. The van der Waals surface area contributed by atoms with E-state index in [1.807, 2.05) is 0 Å². The molecule has 0 spiro atoms. The molecule has 0 aliphatic carbocycles. The normalized spacial score (nSPS) is 10.8. The summed E-state index contributed by atoms with van der Waals surface area (Å²) >= 11 is 2.15. The molecule has 0 atom stereocenters. The lowest BCUT2D eigenvalue weighted by atomic mass is 10.3. The number of fused-ring (bicyclic) bond motifs is 1. The summed E-state index contributed by atoms with van der Waals surface area (Å²) in [6.07, 6.45) is 3.45. The Labute approximate surface area is 82.5 Å². The van der Waals surface area contributed by atoms with Crippen LogP contribution in [0.15, 0.2) is 22.9 Å². The van der Waals surface area contributed by atoms with E-state index in [1.165, 1.54) is 0 Å². The summed E-state index contributed by atoms with van der Waals surface area (Å²) in [6.45, 7) is -0.0647. The Bertz CT molecular complexity index is 410. The van der Waals surface area contributed by atoms with Crippen LogP contribution >= 0.6 is 22.6 Å². The Balaban J connectivity index is 2.74. The molecule has 0 unspecified atom stereocenters. The molecule has 3 nitrogen and oxygen atoms in total. The van der Waals surface area contributed by atoms with Crippen LogP contribution in [0.25, 0.3) is 11.0 Å². The molecule has 0 aliphatic rings. The zero-order valence-electron chi connectivity index (χ0n) is 6.12. The second-order valence-corrected chi connectivity index (χ2v) is 3.57. The number of pyridine rings is 1. The third kappa shape index (κ3) is 1.21. The summed E-state index contributed by atoms with van der Waals surface area (Å²) < 4.78 is 6.31. The van der Waals surface area contributed by atoms with Gasteiger partial charge in [-0.1, -0.05) is 0 Å². The summed E-state index contributed by atoms with van der Waals surface area (Å²) in [6, 6.07) is 1.80. The highest BCUT2D eigenvalue weighted by atomic mass is 127. The maximum absolute atomic E-state index is 8.81. The lowest BCUT2D eigenvalue weighted by molar-refractivity contribution is 0.251. The third-order valence-corrected chi connectivity index (χ3v) is 2.35. The van der Waals surface area contributed by atoms with Crippen LogP contribution in [0.1, 0.15) is 5.76 Å². The van der Waals surface area contributed by atoms with Gasteiger partial charge in [0.25, 0.3) is 0 Å². The fourth-order valence-electron chi connectivity index (χ4n) is 1.06. The number of halogens is 1. The molecule has 4 heteroatoms. The Morgan fingerprint density at radius 1 is 1.50 bits per heavy atom. The zero-order chi connectivity index (χ0) is 8.55. The van der Waals surface area contributed by atoms with E-state index in [2.05, 4.69) is 27.6 Å². The van der Waals surface area contributed by atoms with E-state index in [0.717, 1.165) is 14.5 Å². The van der Waals surface area contributed by atoms with E-state index < -0.39 is 0 Å². The van der Waals surface area contributed by atoms with E-state index in [1.54, 1.807) is 18.5 Å². The number of nitrogens with zero attached hydrogens (tertiary/aromatic N) is 1. The fraction of sp³-hybridized carbons (Fsp3) is 0.125. The Hall–Kier alpha value is -0.620. The smallest absolute Gasteiger partial charge is 0.150 e. The lowest BCUT2D eigenvalue weighted by Gasteiger charge is -1.89. The predicted molar refractivity (Wildman–Crippen MR) is 52.6 cm³/mol. The van der Waals surface area contributed by atoms with Crippen molar-refractivity contribution in [2.45, 2.75) is 6.61 Å². The first kappa shape index (κ1) is 8.00. The van der Waals surface area contributed by atoms with Crippen molar-refractivity contribution in [3.63, 3.8) is 0 Å². The summed E-state index contributed by atoms with van der Waals surface area (Å²) in [4.78, 5) is 4.01. The zero-order valence-corrected chi connectivity index (χ0v) is 8.28. The van der Waals surface area contributed by atoms with Crippen molar-refractivity contribution in [2.75, 3.05) is 0 Å². The number of hydrogen-bond donors (Lipinski definition) is 1. The van der Waals surface area contributed by atoms with Gasteiger partial charge in [0.15, 0.2) is 5.58 Å². The highest BCUT2D eigenvalue weighted by Gasteiger charge is 2.05. The van der Waals surface area contributed by atoms with Crippen LogP contribution in [0.5, 0.6) is 0 Å². The lowest BCUT2D eigenvalue weighted by Crippen LogP contribution is -1.74. The van der Waals surface area contributed by atoms with E-state index in [0.29, 0.717) is 5.76 Å². The molecule has 0 aliphatic heterocycles. The molecule has 2 heterocycles. The van der Waals surface area contributed by atoms with Crippen LogP contribution in [0.4, 0.5) is 0 Å². The molecule has 2 rings (SSSR count). The van der Waals surface area contributed by atoms with Gasteiger partial charge in [0.1, 0.15) is 12.4 Å². The molecule has 0 saturated carbocycles. The van der Waals surface area contributed by atoms with Crippen molar-refractivity contribution in [3.05, 3.63) is 27.8 Å². The van der Waals surface area contributed by atoms with Crippen LogP contribution in [0, 0.1) is 3.57 Å². The average molecular weight is 275 g/mol. The fourth-order valence-corrected chi connectivity index (χ4v) is 1.64. The van der Waals surface area contributed by atoms with Gasteiger partial charge in [-0.15, -0.1) is 0 Å². The molecule has 12 heavy (non-hydrogen) atoms. The summed E-state index contributed by atoms with van der Waals surface area (Å²) in [5, 5.41) is 9.75. The summed E-state index contributed by atoms with van der Waals surface area (Å²) in [5.41, 5.74) is 0.801. The van der Waals surface area contributed by atoms with Gasteiger partial charge in [0.05, 0.1) is 3.57 Å². The van der Waals surface area contributed by atoms with Gasteiger partial charge in [0, 0.05) is 17.8 Å². The van der Waals surface area contributed by atoms with Crippen LogP contribution in [0.2, 0.25) is 0 Å². The topological polar surface area (TPSA) is 46.3 Å². The first-order chi connectivity index (χ1) is 5.81. The SMILES string of the molecule is OCc1cc2cncc(I)c2o1. The first-order valence-electron chi connectivity index (χ1n) is 3.44.